The molecule has 29 heavy (non-hydrogen) atoms. The van der Waals surface area contributed by atoms with E-state index in [-0.39, 0.29) is 11.6 Å². The molecule has 1 aliphatic carbocycles. The minimum Gasteiger partial charge on any atom is -0.293 e. The predicted octanol–water partition coefficient (Wildman–Crippen LogP) is 2.15. The molecule has 8 nitrogen and oxygen atoms in total. The molecule has 1 saturated heterocycles. The molecule has 4 heterocycles. The highest BCUT2D eigenvalue weighted by Crippen LogP contribution is 2.34. The molecule has 0 spiro atoms. The number of hydrogen-bond acceptors (Lipinski definition) is 6. The summed E-state index contributed by atoms with van der Waals surface area (Å²) < 4.78 is 3.39. The summed E-state index contributed by atoms with van der Waals surface area (Å²) in [5.41, 5.74) is 0.997. The topological polar surface area (TPSA) is 81.7 Å². The van der Waals surface area contributed by atoms with Crippen LogP contribution in [0.1, 0.15) is 49.5 Å². The van der Waals surface area contributed by atoms with Crippen LogP contribution < -0.4 is 5.56 Å². The van der Waals surface area contributed by atoms with Gasteiger partial charge in [-0.05, 0) is 44.4 Å². The molecule has 5 rings (SSSR count). The van der Waals surface area contributed by atoms with Crippen molar-refractivity contribution < 1.29 is 0 Å². The molecule has 1 unspecified atom stereocenters. The lowest BCUT2D eigenvalue weighted by atomic mass is 9.85. The highest BCUT2D eigenvalue weighted by molar-refractivity contribution is 5.19. The fourth-order valence-corrected chi connectivity index (χ4v) is 4.18. The maximum absolute atomic E-state index is 12.4. The minimum absolute atomic E-state index is 0.0741. The molecule has 3 aromatic heterocycles. The van der Waals surface area contributed by atoms with E-state index in [0.29, 0.717) is 18.3 Å². The molecule has 0 radical (unpaired) electrons. The van der Waals surface area contributed by atoms with Crippen LogP contribution in [0.15, 0.2) is 47.9 Å². The summed E-state index contributed by atoms with van der Waals surface area (Å²) in [5, 5.41) is 4.55. The van der Waals surface area contributed by atoms with Crippen LogP contribution in [0.2, 0.25) is 0 Å². The number of likely N-dealkylation sites (tertiary alicyclic amines) is 1. The molecule has 2 aliphatic rings. The standard InChI is InChI=1S/C21H25N7O/c29-20-7-6-19(27-12-10-22-15-27)25-28(20)14-18-5-2-11-26(18)13-17-8-9-23-21(24-17)16-3-1-4-16/h6-10,12,15-16,18H,1-5,11,13-14H2. The fourth-order valence-electron chi connectivity index (χ4n) is 4.18. The summed E-state index contributed by atoms with van der Waals surface area (Å²) in [6, 6.07) is 5.61. The Morgan fingerprint density at radius 1 is 1.07 bits per heavy atom. The molecule has 0 amide bonds. The van der Waals surface area contributed by atoms with Gasteiger partial charge in [0, 0.05) is 43.2 Å². The monoisotopic (exact) mass is 391 g/mol. The van der Waals surface area contributed by atoms with Crippen molar-refractivity contribution in [3.05, 3.63) is 65.0 Å². The van der Waals surface area contributed by atoms with Crippen molar-refractivity contribution in [2.75, 3.05) is 6.54 Å². The number of aromatic nitrogens is 6. The van der Waals surface area contributed by atoms with Crippen LogP contribution in [0.5, 0.6) is 0 Å². The smallest absolute Gasteiger partial charge is 0.266 e. The quantitative estimate of drug-likeness (QED) is 0.640. The Balaban J connectivity index is 1.31. The summed E-state index contributed by atoms with van der Waals surface area (Å²) in [6.07, 6.45) is 13.0. The van der Waals surface area contributed by atoms with E-state index < -0.39 is 0 Å². The number of hydrogen-bond donors (Lipinski definition) is 0. The van der Waals surface area contributed by atoms with Crippen molar-refractivity contribution in [2.24, 2.45) is 0 Å². The first-order valence-electron chi connectivity index (χ1n) is 10.4. The average Bonchev–Trinajstić information content (AvgIpc) is 3.35. The third kappa shape index (κ3) is 3.85. The molecule has 8 heteroatoms. The molecule has 1 saturated carbocycles. The Morgan fingerprint density at radius 2 is 2.00 bits per heavy atom. The van der Waals surface area contributed by atoms with E-state index in [2.05, 4.69) is 20.0 Å². The van der Waals surface area contributed by atoms with Gasteiger partial charge in [-0.15, -0.1) is 0 Å². The minimum atomic E-state index is -0.0741. The van der Waals surface area contributed by atoms with E-state index in [1.807, 2.05) is 23.0 Å². The van der Waals surface area contributed by atoms with Crippen molar-refractivity contribution in [2.45, 2.75) is 57.2 Å². The van der Waals surface area contributed by atoms with Crippen molar-refractivity contribution in [3.63, 3.8) is 0 Å². The second-order valence-corrected chi connectivity index (χ2v) is 7.98. The lowest BCUT2D eigenvalue weighted by Crippen LogP contribution is -2.37. The van der Waals surface area contributed by atoms with E-state index in [4.69, 9.17) is 4.98 Å². The van der Waals surface area contributed by atoms with Crippen LogP contribution in [-0.2, 0) is 13.1 Å². The van der Waals surface area contributed by atoms with Gasteiger partial charge in [0.25, 0.3) is 5.56 Å². The van der Waals surface area contributed by atoms with Gasteiger partial charge >= 0.3 is 0 Å². The van der Waals surface area contributed by atoms with Gasteiger partial charge in [-0.2, -0.15) is 5.10 Å². The van der Waals surface area contributed by atoms with E-state index in [9.17, 15) is 4.79 Å². The lowest BCUT2D eigenvalue weighted by Gasteiger charge is -2.26. The average molecular weight is 391 g/mol. The van der Waals surface area contributed by atoms with Gasteiger partial charge in [0.15, 0.2) is 5.82 Å². The molecule has 0 aromatic carbocycles. The second-order valence-electron chi connectivity index (χ2n) is 7.98. The first kappa shape index (κ1) is 18.2. The Morgan fingerprint density at radius 3 is 2.79 bits per heavy atom. The fraction of sp³-hybridized carbons (Fsp3) is 0.476. The van der Waals surface area contributed by atoms with Crippen molar-refractivity contribution in [1.82, 2.24) is 34.2 Å². The highest BCUT2D eigenvalue weighted by Gasteiger charge is 2.27. The summed E-state index contributed by atoms with van der Waals surface area (Å²) in [7, 11) is 0. The Hall–Kier alpha value is -2.87. The molecule has 0 bridgehead atoms. The van der Waals surface area contributed by atoms with Crippen LogP contribution >= 0.6 is 0 Å². The predicted molar refractivity (Wildman–Crippen MR) is 108 cm³/mol. The third-order valence-corrected chi connectivity index (χ3v) is 6.07. The zero-order valence-corrected chi connectivity index (χ0v) is 16.4. The third-order valence-electron chi connectivity index (χ3n) is 6.07. The normalized spacial score (nSPS) is 20.1. The zero-order valence-electron chi connectivity index (χ0n) is 16.4. The molecule has 1 aliphatic heterocycles. The lowest BCUT2D eigenvalue weighted by molar-refractivity contribution is 0.213. The molecule has 150 valence electrons. The van der Waals surface area contributed by atoms with E-state index in [1.54, 1.807) is 29.3 Å². The number of rotatable bonds is 6. The van der Waals surface area contributed by atoms with Crippen molar-refractivity contribution >= 4 is 0 Å². The molecular weight excluding hydrogens is 366 g/mol. The summed E-state index contributed by atoms with van der Waals surface area (Å²) in [5.74, 6) is 2.24. The molecule has 0 N–H and O–H groups in total. The Labute approximate surface area is 169 Å². The van der Waals surface area contributed by atoms with E-state index in [1.165, 1.54) is 19.3 Å². The number of nitrogens with zero attached hydrogens (tertiary/aromatic N) is 7. The van der Waals surface area contributed by atoms with Gasteiger partial charge in [-0.3, -0.25) is 14.3 Å². The van der Waals surface area contributed by atoms with Crippen molar-refractivity contribution in [3.8, 4) is 5.82 Å². The number of imidazole rings is 1. The van der Waals surface area contributed by atoms with Crippen LogP contribution in [0, 0.1) is 0 Å². The van der Waals surface area contributed by atoms with Gasteiger partial charge in [0.2, 0.25) is 0 Å². The molecular formula is C21H25N7O. The Kier molecular flexibility index (Phi) is 4.93. The van der Waals surface area contributed by atoms with Gasteiger partial charge in [-0.1, -0.05) is 6.42 Å². The largest absolute Gasteiger partial charge is 0.293 e. The molecule has 1 atom stereocenters. The first-order chi connectivity index (χ1) is 14.3. The maximum Gasteiger partial charge on any atom is 0.266 e. The Bertz CT molecular complexity index is 1030. The summed E-state index contributed by atoms with van der Waals surface area (Å²) in [4.78, 5) is 28.2. The van der Waals surface area contributed by atoms with Gasteiger partial charge in [-0.25, -0.2) is 19.6 Å². The van der Waals surface area contributed by atoms with E-state index in [0.717, 1.165) is 37.4 Å². The van der Waals surface area contributed by atoms with Crippen molar-refractivity contribution in [1.29, 1.82) is 0 Å². The highest BCUT2D eigenvalue weighted by atomic mass is 16.1. The molecule has 3 aromatic rings. The zero-order chi connectivity index (χ0) is 19.6. The van der Waals surface area contributed by atoms with Gasteiger partial charge < -0.3 is 0 Å². The molecule has 2 fully saturated rings. The summed E-state index contributed by atoms with van der Waals surface area (Å²) >= 11 is 0. The SMILES string of the molecule is O=c1ccc(-n2ccnc2)nn1CC1CCCN1Cc1ccnc(C2CCC2)n1. The van der Waals surface area contributed by atoms with Crippen LogP contribution in [0.25, 0.3) is 5.82 Å². The first-order valence-corrected chi connectivity index (χ1v) is 10.4. The van der Waals surface area contributed by atoms with Crippen LogP contribution in [0.3, 0.4) is 0 Å². The summed E-state index contributed by atoms with van der Waals surface area (Å²) in [6.45, 7) is 2.40. The van der Waals surface area contributed by atoms with E-state index >= 15 is 0 Å². The van der Waals surface area contributed by atoms with Gasteiger partial charge in [0.1, 0.15) is 12.2 Å². The maximum atomic E-state index is 12.4. The van der Waals surface area contributed by atoms with Crippen LogP contribution in [-0.4, -0.2) is 46.8 Å². The van der Waals surface area contributed by atoms with Crippen LogP contribution in [0.4, 0.5) is 0 Å². The van der Waals surface area contributed by atoms with Gasteiger partial charge in [0.05, 0.1) is 12.2 Å². The second kappa shape index (κ2) is 7.87.